The molecule has 0 saturated carbocycles. The molecule has 0 unspecified atom stereocenters. The Morgan fingerprint density at radius 2 is 1.88 bits per heavy atom. The predicted octanol–water partition coefficient (Wildman–Crippen LogP) is 1.60. The van der Waals surface area contributed by atoms with Crippen LogP contribution in [0.1, 0.15) is 33.1 Å². The number of aliphatic imine (C=N–C) groups is 1. The minimum Gasteiger partial charge on any atom is -0.469 e. The Morgan fingerprint density at radius 3 is 2.35 bits per heavy atom. The molecule has 0 amide bonds. The Kier molecular flexibility index (Phi) is 13.2. The van der Waals surface area contributed by atoms with Crippen LogP contribution in [0.15, 0.2) is 4.99 Å². The lowest BCUT2D eigenvalue weighted by Crippen LogP contribution is -2.37. The third-order valence-corrected chi connectivity index (χ3v) is 2.38. The fourth-order valence-corrected chi connectivity index (χ4v) is 1.32. The molecule has 0 saturated heterocycles. The Bertz CT molecular complexity index is 231. The van der Waals surface area contributed by atoms with Crippen molar-refractivity contribution in [2.24, 2.45) is 10.7 Å². The fraction of sp³-hybridized carbons (Fsp3) is 0.818. The van der Waals surface area contributed by atoms with Crippen LogP contribution < -0.4 is 5.73 Å². The summed E-state index contributed by atoms with van der Waals surface area (Å²) in [6.07, 6.45) is 2.11. The number of methoxy groups -OCH3 is 1. The number of guanidine groups is 1. The van der Waals surface area contributed by atoms with Gasteiger partial charge in [-0.2, -0.15) is 0 Å². The van der Waals surface area contributed by atoms with Gasteiger partial charge in [0.25, 0.3) is 0 Å². The van der Waals surface area contributed by atoms with Crippen molar-refractivity contribution in [1.82, 2.24) is 4.90 Å². The lowest BCUT2D eigenvalue weighted by Gasteiger charge is -2.19. The smallest absolute Gasteiger partial charge is 0.305 e. The first-order valence-electron chi connectivity index (χ1n) is 5.77. The Hall–Kier alpha value is -0.530. The average Bonchev–Trinajstić information content (AvgIpc) is 2.29. The maximum Gasteiger partial charge on any atom is 0.305 e. The predicted molar refractivity (Wildman–Crippen MR) is 80.7 cm³/mol. The molecule has 0 spiro atoms. The van der Waals surface area contributed by atoms with Gasteiger partial charge in [0, 0.05) is 26.1 Å². The first-order chi connectivity index (χ1) is 7.65. The number of esters is 1. The first kappa shape index (κ1) is 18.8. The van der Waals surface area contributed by atoms with E-state index in [4.69, 9.17) is 5.73 Å². The molecule has 0 rings (SSSR count). The van der Waals surface area contributed by atoms with Crippen molar-refractivity contribution >= 4 is 35.9 Å². The summed E-state index contributed by atoms with van der Waals surface area (Å²) in [7, 11) is 1.40. The van der Waals surface area contributed by atoms with Crippen molar-refractivity contribution in [1.29, 1.82) is 0 Å². The average molecular weight is 357 g/mol. The number of nitrogens with two attached hydrogens (primary N) is 1. The molecule has 0 bridgehead atoms. The summed E-state index contributed by atoms with van der Waals surface area (Å²) in [4.78, 5) is 17.1. The number of halogens is 1. The van der Waals surface area contributed by atoms with Crippen LogP contribution in [0.2, 0.25) is 0 Å². The number of hydrogen-bond acceptors (Lipinski definition) is 3. The summed E-state index contributed by atoms with van der Waals surface area (Å²) in [6.45, 7) is 6.49. The minimum atomic E-state index is -0.166. The highest BCUT2D eigenvalue weighted by atomic mass is 127. The van der Waals surface area contributed by atoms with Crippen LogP contribution in [0.4, 0.5) is 0 Å². The van der Waals surface area contributed by atoms with Crippen molar-refractivity contribution in [2.75, 3.05) is 26.7 Å². The van der Waals surface area contributed by atoms with E-state index in [1.807, 2.05) is 18.7 Å². The maximum atomic E-state index is 10.8. The summed E-state index contributed by atoms with van der Waals surface area (Å²) in [5.41, 5.74) is 5.79. The molecule has 6 heteroatoms. The van der Waals surface area contributed by atoms with Gasteiger partial charge in [-0.3, -0.25) is 9.79 Å². The SMILES string of the molecule is CCN(CC)C(N)=NCCCCC(=O)OC.I. The van der Waals surface area contributed by atoms with Crippen LogP contribution in [-0.4, -0.2) is 43.6 Å². The normalized spacial score (nSPS) is 10.6. The van der Waals surface area contributed by atoms with Crippen LogP contribution in [0.3, 0.4) is 0 Å². The van der Waals surface area contributed by atoms with E-state index in [1.165, 1.54) is 7.11 Å². The van der Waals surface area contributed by atoms with Crippen LogP contribution in [0.5, 0.6) is 0 Å². The molecular weight excluding hydrogens is 333 g/mol. The molecule has 102 valence electrons. The van der Waals surface area contributed by atoms with Crippen molar-refractivity contribution in [2.45, 2.75) is 33.1 Å². The van der Waals surface area contributed by atoms with Gasteiger partial charge in [0.15, 0.2) is 5.96 Å². The van der Waals surface area contributed by atoms with Gasteiger partial charge in [-0.25, -0.2) is 0 Å². The maximum absolute atomic E-state index is 10.8. The second kappa shape index (κ2) is 11.9. The Balaban J connectivity index is 0. The van der Waals surface area contributed by atoms with Crippen molar-refractivity contribution in [3.8, 4) is 0 Å². The fourth-order valence-electron chi connectivity index (χ4n) is 1.32. The molecule has 0 aromatic heterocycles. The van der Waals surface area contributed by atoms with Crippen LogP contribution in [0, 0.1) is 0 Å². The highest BCUT2D eigenvalue weighted by Gasteiger charge is 2.02. The number of carbonyl (C=O) groups is 1. The largest absolute Gasteiger partial charge is 0.469 e. The van der Waals surface area contributed by atoms with Crippen LogP contribution in [-0.2, 0) is 9.53 Å². The van der Waals surface area contributed by atoms with Gasteiger partial charge in [-0.05, 0) is 26.7 Å². The number of carbonyl (C=O) groups excluding carboxylic acids is 1. The molecular formula is C11H24IN3O2. The second-order valence-electron chi connectivity index (χ2n) is 3.45. The van der Waals surface area contributed by atoms with Gasteiger partial charge in [0.2, 0.25) is 0 Å². The number of rotatable bonds is 7. The third kappa shape index (κ3) is 9.20. The van der Waals surface area contributed by atoms with E-state index in [-0.39, 0.29) is 29.9 Å². The zero-order valence-corrected chi connectivity index (χ0v) is 13.3. The molecule has 0 aliphatic carbocycles. The molecule has 5 nitrogen and oxygen atoms in total. The van der Waals surface area contributed by atoms with Crippen LogP contribution >= 0.6 is 24.0 Å². The van der Waals surface area contributed by atoms with Crippen molar-refractivity contribution in [3.05, 3.63) is 0 Å². The summed E-state index contributed by atoms with van der Waals surface area (Å²) < 4.78 is 4.54. The highest BCUT2D eigenvalue weighted by Crippen LogP contribution is 1.98. The molecule has 17 heavy (non-hydrogen) atoms. The number of nitrogens with zero attached hydrogens (tertiary/aromatic N) is 2. The summed E-state index contributed by atoms with van der Waals surface area (Å²) in [6, 6.07) is 0. The number of unbranched alkanes of at least 4 members (excludes halogenated alkanes) is 1. The van der Waals surface area contributed by atoms with Gasteiger partial charge in [-0.1, -0.05) is 0 Å². The Morgan fingerprint density at radius 1 is 1.29 bits per heavy atom. The molecule has 0 atom stereocenters. The highest BCUT2D eigenvalue weighted by molar-refractivity contribution is 14.0. The van der Waals surface area contributed by atoms with E-state index in [0.717, 1.165) is 25.9 Å². The second-order valence-corrected chi connectivity index (χ2v) is 3.45. The molecule has 0 aromatic rings. The van der Waals surface area contributed by atoms with E-state index in [9.17, 15) is 4.79 Å². The first-order valence-corrected chi connectivity index (χ1v) is 5.77. The molecule has 0 aromatic carbocycles. The summed E-state index contributed by atoms with van der Waals surface area (Å²) in [5, 5.41) is 0. The van der Waals surface area contributed by atoms with Gasteiger partial charge in [0.1, 0.15) is 0 Å². The molecule has 0 aliphatic rings. The number of hydrogen-bond donors (Lipinski definition) is 1. The van der Waals surface area contributed by atoms with Crippen molar-refractivity contribution < 1.29 is 9.53 Å². The molecule has 0 radical (unpaired) electrons. The molecule has 2 N–H and O–H groups in total. The topological polar surface area (TPSA) is 67.9 Å². The summed E-state index contributed by atoms with van der Waals surface area (Å²) >= 11 is 0. The molecule has 0 fully saturated rings. The van der Waals surface area contributed by atoms with Gasteiger partial charge >= 0.3 is 5.97 Å². The zero-order valence-electron chi connectivity index (χ0n) is 10.9. The lowest BCUT2D eigenvalue weighted by atomic mass is 10.2. The summed E-state index contributed by atoms with van der Waals surface area (Å²) in [5.74, 6) is 0.420. The monoisotopic (exact) mass is 357 g/mol. The van der Waals surface area contributed by atoms with E-state index >= 15 is 0 Å². The van der Waals surface area contributed by atoms with Crippen LogP contribution in [0.25, 0.3) is 0 Å². The quantitative estimate of drug-likeness (QED) is 0.247. The Labute approximate surface area is 121 Å². The van der Waals surface area contributed by atoms with Gasteiger partial charge in [-0.15, -0.1) is 24.0 Å². The third-order valence-electron chi connectivity index (χ3n) is 2.38. The van der Waals surface area contributed by atoms with Gasteiger partial charge < -0.3 is 15.4 Å². The minimum absolute atomic E-state index is 0. The standard InChI is InChI=1S/C11H23N3O2.HI/c1-4-14(5-2)11(12)13-9-7-6-8-10(15)16-3;/h4-9H2,1-3H3,(H2,12,13);1H. The van der Waals surface area contributed by atoms with E-state index in [1.54, 1.807) is 0 Å². The van der Waals surface area contributed by atoms with Crippen molar-refractivity contribution in [3.63, 3.8) is 0 Å². The molecule has 0 heterocycles. The molecule has 0 aliphatic heterocycles. The van der Waals surface area contributed by atoms with E-state index < -0.39 is 0 Å². The number of ether oxygens (including phenoxy) is 1. The lowest BCUT2D eigenvalue weighted by molar-refractivity contribution is -0.140. The van der Waals surface area contributed by atoms with E-state index in [2.05, 4.69) is 9.73 Å². The van der Waals surface area contributed by atoms with E-state index in [0.29, 0.717) is 18.9 Å². The van der Waals surface area contributed by atoms with Gasteiger partial charge in [0.05, 0.1) is 7.11 Å². The zero-order chi connectivity index (χ0) is 12.4.